The van der Waals surface area contributed by atoms with E-state index in [9.17, 15) is 24.9 Å². The molecule has 2 aliphatic rings. The van der Waals surface area contributed by atoms with E-state index in [0.717, 1.165) is 9.95 Å². The molecule has 2 heterocycles. The van der Waals surface area contributed by atoms with Crippen LogP contribution < -0.4 is 0 Å². The van der Waals surface area contributed by atoms with Crippen molar-refractivity contribution in [2.75, 3.05) is 0 Å². The predicted molar refractivity (Wildman–Crippen MR) is 76.3 cm³/mol. The van der Waals surface area contributed by atoms with Crippen molar-refractivity contribution in [3.05, 3.63) is 46.4 Å². The molecule has 0 aromatic carbocycles. The van der Waals surface area contributed by atoms with Gasteiger partial charge in [-0.2, -0.15) is 0 Å². The Balaban J connectivity index is 1.90. The SMILES string of the molecule is O=C(O[Se]OC(=O)C1C=CC=C[Se]1(=O)=O)C1C=CC=C[Se]1(=O)=O. The summed E-state index contributed by atoms with van der Waals surface area (Å²) in [6, 6.07) is 0. The molecule has 0 aliphatic carbocycles. The summed E-state index contributed by atoms with van der Waals surface area (Å²) in [4.78, 5) is 22.5. The summed E-state index contributed by atoms with van der Waals surface area (Å²) in [7, 11) is 0. The van der Waals surface area contributed by atoms with E-state index in [1.807, 2.05) is 0 Å². The Bertz CT molecular complexity index is 760. The van der Waals surface area contributed by atoms with Gasteiger partial charge in [0.1, 0.15) is 0 Å². The van der Waals surface area contributed by atoms with Gasteiger partial charge >= 0.3 is 142 Å². The maximum atomic E-state index is 11.7. The average molecular weight is 519 g/mol. The summed E-state index contributed by atoms with van der Waals surface area (Å²) in [5.41, 5.74) is 0. The number of hydrogen-bond donors (Lipinski definition) is 0. The molecule has 2 aliphatic heterocycles. The molecule has 0 saturated carbocycles. The molecule has 0 fully saturated rings. The van der Waals surface area contributed by atoms with Gasteiger partial charge in [-0.1, -0.05) is 0 Å². The van der Waals surface area contributed by atoms with E-state index in [2.05, 4.69) is 7.64 Å². The molecule has 0 N–H and O–H groups in total. The Labute approximate surface area is 141 Å². The van der Waals surface area contributed by atoms with Crippen LogP contribution in [-0.4, -0.2) is 53.0 Å². The van der Waals surface area contributed by atoms with Crippen LogP contribution in [0.15, 0.2) is 46.4 Å². The summed E-state index contributed by atoms with van der Waals surface area (Å²) in [5.74, 6) is -2.12. The van der Waals surface area contributed by atoms with Gasteiger partial charge in [0.15, 0.2) is 0 Å². The van der Waals surface area contributed by atoms with Gasteiger partial charge in [0.05, 0.1) is 0 Å². The summed E-state index contributed by atoms with van der Waals surface area (Å²) < 4.78 is 56.1. The van der Waals surface area contributed by atoms with Crippen LogP contribution in [0.5, 0.6) is 0 Å². The molecule has 2 rings (SSSR count). The summed E-state index contributed by atoms with van der Waals surface area (Å²) >= 11 is -10.6. The number of rotatable bonds is 4. The molecule has 0 saturated heterocycles. The van der Waals surface area contributed by atoms with Crippen LogP contribution in [0.4, 0.5) is 0 Å². The monoisotopic (exact) mass is 522 g/mol. The second-order valence-electron chi connectivity index (χ2n) is 4.32. The molecule has 11 heteroatoms. The molecular formula is C12H10O8Se3. The van der Waals surface area contributed by atoms with Crippen molar-refractivity contribution in [2.24, 2.45) is 0 Å². The molecule has 8 nitrogen and oxygen atoms in total. The van der Waals surface area contributed by atoms with Crippen LogP contribution in [-0.2, 0) is 32.6 Å². The quantitative estimate of drug-likeness (QED) is 0.487. The van der Waals surface area contributed by atoms with Gasteiger partial charge in [0.2, 0.25) is 0 Å². The fourth-order valence-electron chi connectivity index (χ4n) is 1.63. The van der Waals surface area contributed by atoms with Crippen molar-refractivity contribution in [3.63, 3.8) is 0 Å². The molecule has 0 spiro atoms. The summed E-state index contributed by atoms with van der Waals surface area (Å²) in [5, 5.41) is 0. The van der Waals surface area contributed by atoms with Gasteiger partial charge < -0.3 is 0 Å². The van der Waals surface area contributed by atoms with E-state index in [0.29, 0.717) is 0 Å². The molecule has 23 heavy (non-hydrogen) atoms. The van der Waals surface area contributed by atoms with Crippen molar-refractivity contribution in [1.82, 2.24) is 0 Å². The van der Waals surface area contributed by atoms with E-state index in [1.165, 1.54) is 36.5 Å². The van der Waals surface area contributed by atoms with Crippen LogP contribution in [0, 0.1) is 0 Å². The molecule has 124 valence electrons. The molecule has 2 atom stereocenters. The van der Waals surface area contributed by atoms with Crippen molar-refractivity contribution >= 4 is 53.0 Å². The van der Waals surface area contributed by atoms with Crippen LogP contribution in [0.25, 0.3) is 0 Å². The molecular weight excluding hydrogens is 509 g/mol. The van der Waals surface area contributed by atoms with Crippen LogP contribution in [0.2, 0.25) is 9.63 Å². The number of hydrogen-bond acceptors (Lipinski definition) is 8. The van der Waals surface area contributed by atoms with Crippen LogP contribution in [0.1, 0.15) is 0 Å². The fraction of sp³-hybridized carbons (Fsp3) is 0.167. The minimum atomic E-state index is -4.59. The first kappa shape index (κ1) is 18.0. The first-order chi connectivity index (χ1) is 10.7. The summed E-state index contributed by atoms with van der Waals surface area (Å²) in [6.45, 7) is 0. The first-order valence-electron chi connectivity index (χ1n) is 6.00. The standard InChI is InChI=1S/C12H10O8Se3/c13-11(9-5-1-3-7-22(9,15)16)19-21-20-12(14)10-6-2-4-8-23(10,17)18/h1-10H. The second kappa shape index (κ2) is 7.05. The van der Waals surface area contributed by atoms with Gasteiger partial charge in [-0.25, -0.2) is 0 Å². The van der Waals surface area contributed by atoms with E-state index < -0.39 is 62.6 Å². The third kappa shape index (κ3) is 4.35. The maximum absolute atomic E-state index is 11.7. The zero-order valence-electron chi connectivity index (χ0n) is 11.3. The van der Waals surface area contributed by atoms with Gasteiger partial charge in [0.25, 0.3) is 0 Å². The molecule has 0 radical (unpaired) electrons. The third-order valence-corrected chi connectivity index (χ3v) is 10.4. The predicted octanol–water partition coefficient (Wildman–Crippen LogP) is 0.284. The van der Waals surface area contributed by atoms with Gasteiger partial charge in [-0.3, -0.25) is 0 Å². The topological polar surface area (TPSA) is 121 Å². The normalized spacial score (nSPS) is 26.6. The number of carbonyl (C=O) groups excluding carboxylic acids is 2. The number of allylic oxidation sites excluding steroid dienone is 4. The molecule has 0 aromatic heterocycles. The van der Waals surface area contributed by atoms with Crippen molar-refractivity contribution in [2.45, 2.75) is 9.63 Å². The average Bonchev–Trinajstić information content (AvgIpc) is 2.45. The van der Waals surface area contributed by atoms with E-state index in [4.69, 9.17) is 0 Å². The summed E-state index contributed by atoms with van der Waals surface area (Å²) in [6.07, 6.45) is 7.72. The van der Waals surface area contributed by atoms with Gasteiger partial charge in [0, 0.05) is 0 Å². The van der Waals surface area contributed by atoms with E-state index in [-0.39, 0.29) is 0 Å². The molecule has 2 unspecified atom stereocenters. The van der Waals surface area contributed by atoms with Gasteiger partial charge in [-0.05, 0) is 0 Å². The van der Waals surface area contributed by atoms with Crippen molar-refractivity contribution in [1.29, 1.82) is 0 Å². The Hall–Kier alpha value is -1.34. The Morgan fingerprint density at radius 1 is 0.739 bits per heavy atom. The zero-order valence-corrected chi connectivity index (χ0v) is 16.4. The van der Waals surface area contributed by atoms with Crippen LogP contribution in [0.3, 0.4) is 0 Å². The van der Waals surface area contributed by atoms with Crippen molar-refractivity contribution in [3.8, 4) is 0 Å². The molecule has 0 amide bonds. The van der Waals surface area contributed by atoms with Crippen molar-refractivity contribution < 1.29 is 32.6 Å². The Kier molecular flexibility index (Phi) is 5.52. The van der Waals surface area contributed by atoms with E-state index in [1.54, 1.807) is 0 Å². The molecule has 0 aromatic rings. The van der Waals surface area contributed by atoms with E-state index >= 15 is 0 Å². The molecule has 0 bridgehead atoms. The van der Waals surface area contributed by atoms with Gasteiger partial charge in [-0.15, -0.1) is 0 Å². The minimum absolute atomic E-state index is 0.941. The zero-order chi connectivity index (χ0) is 17.1. The first-order valence-corrected chi connectivity index (χ1v) is 14.2. The second-order valence-corrected chi connectivity index (χ2v) is 13.5. The number of carbonyl (C=O) groups is 2. The fourth-order valence-corrected chi connectivity index (χ4v) is 7.68. The Morgan fingerprint density at radius 3 is 1.48 bits per heavy atom. The third-order valence-electron chi connectivity index (χ3n) is 2.74. The Morgan fingerprint density at radius 2 is 1.13 bits per heavy atom. The van der Waals surface area contributed by atoms with Crippen LogP contribution >= 0.6 is 0 Å².